The maximum Gasteiger partial charge on any atom is 0.257 e. The number of nitrogens with one attached hydrogen (secondary N) is 1. The van der Waals surface area contributed by atoms with Crippen molar-refractivity contribution in [2.24, 2.45) is 0 Å². The molecule has 0 amide bonds. The van der Waals surface area contributed by atoms with E-state index < -0.39 is 0 Å². The number of pyridine rings is 2. The Bertz CT molecular complexity index is 980. The summed E-state index contributed by atoms with van der Waals surface area (Å²) in [4.78, 5) is 8.87. The second-order valence-corrected chi connectivity index (χ2v) is 6.58. The molecule has 7 heteroatoms. The molecule has 0 fully saturated rings. The summed E-state index contributed by atoms with van der Waals surface area (Å²) in [5.74, 6) is 1.46. The van der Waals surface area contributed by atoms with Crippen molar-refractivity contribution in [3.63, 3.8) is 0 Å². The molecule has 1 aromatic carbocycles. The van der Waals surface area contributed by atoms with Crippen LogP contribution in [0.4, 0.5) is 10.2 Å². The molecule has 1 aliphatic heterocycles. The lowest BCUT2D eigenvalue weighted by molar-refractivity contribution is 0.164. The molecule has 0 aliphatic carbocycles. The van der Waals surface area contributed by atoms with Gasteiger partial charge in [-0.3, -0.25) is 0 Å². The first-order valence-electron chi connectivity index (χ1n) is 8.51. The van der Waals surface area contributed by atoms with Gasteiger partial charge in [0.2, 0.25) is 0 Å². The molecular formula is C20H17ClFN3O2. The first kappa shape index (κ1) is 17.5. The van der Waals surface area contributed by atoms with Gasteiger partial charge in [-0.15, -0.1) is 0 Å². The van der Waals surface area contributed by atoms with E-state index in [-0.39, 0.29) is 5.82 Å². The third-order valence-corrected chi connectivity index (χ3v) is 4.58. The Kier molecular flexibility index (Phi) is 4.81. The number of anilines is 1. The van der Waals surface area contributed by atoms with Gasteiger partial charge in [0.25, 0.3) is 5.88 Å². The van der Waals surface area contributed by atoms with Gasteiger partial charge < -0.3 is 14.8 Å². The Hall–Kier alpha value is -2.86. The van der Waals surface area contributed by atoms with Gasteiger partial charge in [0.15, 0.2) is 5.75 Å². The quantitative estimate of drug-likeness (QED) is 0.709. The molecule has 3 heterocycles. The van der Waals surface area contributed by atoms with Crippen LogP contribution in [0.25, 0.3) is 11.3 Å². The largest absolute Gasteiger partial charge is 0.484 e. The van der Waals surface area contributed by atoms with Gasteiger partial charge in [0, 0.05) is 24.4 Å². The monoisotopic (exact) mass is 385 g/mol. The highest BCUT2D eigenvalue weighted by molar-refractivity contribution is 6.33. The summed E-state index contributed by atoms with van der Waals surface area (Å²) in [6, 6.07) is 10.2. The normalized spacial score (nSPS) is 12.7. The minimum absolute atomic E-state index is 0.234. The van der Waals surface area contributed by atoms with Crippen LogP contribution in [0.3, 0.4) is 0 Å². The number of aromatic nitrogens is 2. The molecule has 0 bridgehead atoms. The van der Waals surface area contributed by atoms with E-state index in [1.165, 1.54) is 12.1 Å². The molecule has 0 saturated heterocycles. The van der Waals surface area contributed by atoms with Crippen molar-refractivity contribution in [1.82, 2.24) is 9.97 Å². The van der Waals surface area contributed by atoms with E-state index in [1.807, 2.05) is 19.1 Å². The topological polar surface area (TPSA) is 56.3 Å². The third-order valence-electron chi connectivity index (χ3n) is 4.29. The number of benzene rings is 1. The third kappa shape index (κ3) is 3.80. The Morgan fingerprint density at radius 3 is 2.78 bits per heavy atom. The number of hydrogen-bond acceptors (Lipinski definition) is 5. The fraction of sp³-hybridized carbons (Fsp3) is 0.200. The zero-order valence-electron chi connectivity index (χ0n) is 14.6. The van der Waals surface area contributed by atoms with E-state index in [2.05, 4.69) is 15.3 Å². The molecule has 0 saturated carbocycles. The van der Waals surface area contributed by atoms with Crippen LogP contribution in [0.15, 0.2) is 42.6 Å². The molecule has 0 spiro atoms. The predicted octanol–water partition coefficient (Wildman–Crippen LogP) is 4.63. The average molecular weight is 386 g/mol. The SMILES string of the molecule is Cc1cc(F)ccc1CNc1ccc(-c2nc3c(cc2Cl)OCCO3)cn1. The van der Waals surface area contributed by atoms with Crippen molar-refractivity contribution in [2.45, 2.75) is 13.5 Å². The highest BCUT2D eigenvalue weighted by Gasteiger charge is 2.18. The smallest absolute Gasteiger partial charge is 0.257 e. The van der Waals surface area contributed by atoms with Crippen LogP contribution >= 0.6 is 11.6 Å². The minimum Gasteiger partial charge on any atom is -0.484 e. The Labute approximate surface area is 161 Å². The first-order chi connectivity index (χ1) is 13.1. The molecule has 0 radical (unpaired) electrons. The molecule has 2 aromatic heterocycles. The van der Waals surface area contributed by atoms with Crippen molar-refractivity contribution in [2.75, 3.05) is 18.5 Å². The molecule has 0 unspecified atom stereocenters. The second-order valence-electron chi connectivity index (χ2n) is 6.18. The molecule has 1 aliphatic rings. The first-order valence-corrected chi connectivity index (χ1v) is 8.89. The van der Waals surface area contributed by atoms with Crippen molar-refractivity contribution in [3.05, 3.63) is 64.6 Å². The minimum atomic E-state index is -0.234. The number of aryl methyl sites for hydroxylation is 1. The zero-order chi connectivity index (χ0) is 18.8. The maximum absolute atomic E-state index is 13.2. The van der Waals surface area contributed by atoms with E-state index >= 15 is 0 Å². The van der Waals surface area contributed by atoms with Gasteiger partial charge in [-0.25, -0.2) is 14.4 Å². The molecule has 5 nitrogen and oxygen atoms in total. The van der Waals surface area contributed by atoms with Crippen LogP contribution in [-0.2, 0) is 6.54 Å². The highest BCUT2D eigenvalue weighted by Crippen LogP contribution is 2.36. The van der Waals surface area contributed by atoms with E-state index in [0.29, 0.717) is 47.9 Å². The molecule has 3 aromatic rings. The lowest BCUT2D eigenvalue weighted by Crippen LogP contribution is -2.16. The van der Waals surface area contributed by atoms with Crippen LogP contribution in [0, 0.1) is 12.7 Å². The molecular weight excluding hydrogens is 369 g/mol. The summed E-state index contributed by atoms with van der Waals surface area (Å²) in [6.07, 6.45) is 1.70. The van der Waals surface area contributed by atoms with Crippen molar-refractivity contribution in [1.29, 1.82) is 0 Å². The van der Waals surface area contributed by atoms with Crippen LogP contribution in [0.2, 0.25) is 5.02 Å². The Balaban J connectivity index is 1.50. The second kappa shape index (κ2) is 7.40. The number of nitrogens with zero attached hydrogens (tertiary/aromatic N) is 2. The molecule has 0 atom stereocenters. The van der Waals surface area contributed by atoms with E-state index in [0.717, 1.165) is 16.7 Å². The van der Waals surface area contributed by atoms with E-state index in [4.69, 9.17) is 21.1 Å². The number of halogens is 2. The number of ether oxygens (including phenoxy) is 2. The Morgan fingerprint density at radius 1 is 1.15 bits per heavy atom. The van der Waals surface area contributed by atoms with Crippen LogP contribution in [-0.4, -0.2) is 23.2 Å². The number of fused-ring (bicyclic) bond motifs is 1. The van der Waals surface area contributed by atoms with Crippen molar-refractivity contribution in [3.8, 4) is 22.9 Å². The lowest BCUT2D eigenvalue weighted by atomic mass is 10.1. The summed E-state index contributed by atoms with van der Waals surface area (Å²) in [5, 5.41) is 3.71. The van der Waals surface area contributed by atoms with Crippen LogP contribution in [0.1, 0.15) is 11.1 Å². The summed E-state index contributed by atoms with van der Waals surface area (Å²) in [6.45, 7) is 3.39. The van der Waals surface area contributed by atoms with Gasteiger partial charge in [-0.2, -0.15) is 0 Å². The number of hydrogen-bond donors (Lipinski definition) is 1. The number of rotatable bonds is 4. The van der Waals surface area contributed by atoms with Crippen molar-refractivity contribution >= 4 is 17.4 Å². The lowest BCUT2D eigenvalue weighted by Gasteiger charge is -2.18. The standard InChI is InChI=1S/C20H17ClFN3O2/c1-12-8-15(22)4-2-13(12)10-23-18-5-3-14(11-24-18)19-16(21)9-17-20(25-19)27-7-6-26-17/h2-5,8-9,11H,6-7,10H2,1H3,(H,23,24). The van der Waals surface area contributed by atoms with Gasteiger partial charge in [-0.05, 0) is 42.3 Å². The maximum atomic E-state index is 13.2. The Morgan fingerprint density at radius 2 is 2.00 bits per heavy atom. The van der Waals surface area contributed by atoms with E-state index in [1.54, 1.807) is 18.3 Å². The van der Waals surface area contributed by atoms with Gasteiger partial charge in [0.05, 0.1) is 10.7 Å². The summed E-state index contributed by atoms with van der Waals surface area (Å²) >= 11 is 6.33. The summed E-state index contributed by atoms with van der Waals surface area (Å²) in [5.41, 5.74) is 3.28. The molecule has 1 N–H and O–H groups in total. The fourth-order valence-electron chi connectivity index (χ4n) is 2.84. The van der Waals surface area contributed by atoms with Gasteiger partial charge in [-0.1, -0.05) is 17.7 Å². The highest BCUT2D eigenvalue weighted by atomic mass is 35.5. The van der Waals surface area contributed by atoms with E-state index in [9.17, 15) is 4.39 Å². The van der Waals surface area contributed by atoms with Crippen LogP contribution in [0.5, 0.6) is 11.6 Å². The fourth-order valence-corrected chi connectivity index (χ4v) is 3.09. The molecule has 27 heavy (non-hydrogen) atoms. The summed E-state index contributed by atoms with van der Waals surface area (Å²) in [7, 11) is 0. The average Bonchev–Trinajstić information content (AvgIpc) is 2.67. The zero-order valence-corrected chi connectivity index (χ0v) is 15.4. The summed E-state index contributed by atoms with van der Waals surface area (Å²) < 4.78 is 24.2. The molecule has 138 valence electrons. The van der Waals surface area contributed by atoms with Gasteiger partial charge in [0.1, 0.15) is 24.8 Å². The van der Waals surface area contributed by atoms with Crippen molar-refractivity contribution < 1.29 is 13.9 Å². The predicted molar refractivity (Wildman–Crippen MR) is 102 cm³/mol. The van der Waals surface area contributed by atoms with Crippen LogP contribution < -0.4 is 14.8 Å². The van der Waals surface area contributed by atoms with Gasteiger partial charge >= 0.3 is 0 Å². The molecule has 4 rings (SSSR count).